The average molecular weight is 319 g/mol. The molecule has 2 aromatic heterocycles. The molecular weight excluding hydrogens is 312 g/mol. The summed E-state index contributed by atoms with van der Waals surface area (Å²) in [5.41, 5.74) is 2.16. The van der Waals surface area contributed by atoms with Crippen LogP contribution in [0.5, 0.6) is 0 Å². The molecule has 0 spiro atoms. The number of carboxylic acids is 1. The van der Waals surface area contributed by atoms with E-state index in [-0.39, 0.29) is 5.56 Å². The minimum absolute atomic E-state index is 0.194. The third-order valence-electron chi connectivity index (χ3n) is 2.63. The van der Waals surface area contributed by atoms with E-state index in [4.69, 9.17) is 5.11 Å². The number of halogens is 1. The Labute approximate surface area is 115 Å². The fourth-order valence-corrected chi connectivity index (χ4v) is 2.11. The van der Waals surface area contributed by atoms with E-state index in [1.807, 2.05) is 6.07 Å². The zero-order valence-corrected chi connectivity index (χ0v) is 11.1. The lowest BCUT2D eigenvalue weighted by molar-refractivity contribution is 0.0697. The fraction of sp³-hybridized carbons (Fsp3) is 0. The Morgan fingerprint density at radius 1 is 1.26 bits per heavy atom. The Balaban J connectivity index is 2.24. The van der Waals surface area contributed by atoms with Gasteiger partial charge in [0.05, 0.1) is 23.0 Å². The molecule has 0 aliphatic rings. The lowest BCUT2D eigenvalue weighted by Crippen LogP contribution is -1.99. The molecule has 0 aliphatic carbocycles. The maximum Gasteiger partial charge on any atom is 0.335 e. The number of nitrogens with zero attached hydrogens (tertiary/aromatic N) is 4. The summed E-state index contributed by atoms with van der Waals surface area (Å²) in [6.07, 6.45) is 3.29. The molecule has 0 radical (unpaired) electrons. The number of carboxylic acid groups (broad SMARTS) is 1. The minimum Gasteiger partial charge on any atom is -0.478 e. The molecule has 1 N–H and O–H groups in total. The van der Waals surface area contributed by atoms with Crippen LogP contribution in [0.4, 0.5) is 0 Å². The Bertz CT molecular complexity index is 784. The van der Waals surface area contributed by atoms with Gasteiger partial charge >= 0.3 is 5.97 Å². The molecule has 0 aliphatic heterocycles. The SMILES string of the molecule is O=C(O)c1ccc2nnn(-c3cncc(Br)c3)c2c1. The number of benzene rings is 1. The van der Waals surface area contributed by atoms with Gasteiger partial charge in [-0.1, -0.05) is 5.21 Å². The summed E-state index contributed by atoms with van der Waals surface area (Å²) in [6.45, 7) is 0. The van der Waals surface area contributed by atoms with Gasteiger partial charge in [0.2, 0.25) is 0 Å². The largest absolute Gasteiger partial charge is 0.478 e. The molecule has 0 saturated heterocycles. The highest BCUT2D eigenvalue weighted by molar-refractivity contribution is 9.10. The smallest absolute Gasteiger partial charge is 0.335 e. The molecule has 3 aromatic rings. The van der Waals surface area contributed by atoms with Crippen molar-refractivity contribution >= 4 is 32.9 Å². The number of hydrogen-bond acceptors (Lipinski definition) is 4. The van der Waals surface area contributed by atoms with E-state index in [0.717, 1.165) is 4.47 Å². The predicted molar refractivity (Wildman–Crippen MR) is 71.3 cm³/mol. The first kappa shape index (κ1) is 11.8. The zero-order valence-electron chi connectivity index (χ0n) is 9.49. The van der Waals surface area contributed by atoms with Gasteiger partial charge in [-0.3, -0.25) is 4.98 Å². The third kappa shape index (κ3) is 2.08. The van der Waals surface area contributed by atoms with Gasteiger partial charge in [-0.2, -0.15) is 0 Å². The van der Waals surface area contributed by atoms with Gasteiger partial charge < -0.3 is 5.11 Å². The van der Waals surface area contributed by atoms with E-state index >= 15 is 0 Å². The van der Waals surface area contributed by atoms with E-state index in [0.29, 0.717) is 16.7 Å². The molecule has 0 unspecified atom stereocenters. The van der Waals surface area contributed by atoms with Crippen LogP contribution in [0.25, 0.3) is 16.7 Å². The number of pyridine rings is 1. The first-order chi connectivity index (χ1) is 9.15. The summed E-state index contributed by atoms with van der Waals surface area (Å²) in [5.74, 6) is -0.984. The number of aromatic carboxylic acids is 1. The normalized spacial score (nSPS) is 10.8. The number of rotatable bonds is 2. The lowest BCUT2D eigenvalue weighted by atomic mass is 10.2. The summed E-state index contributed by atoms with van der Waals surface area (Å²) >= 11 is 3.33. The van der Waals surface area contributed by atoms with Gasteiger partial charge in [-0.25, -0.2) is 9.48 Å². The van der Waals surface area contributed by atoms with Crippen LogP contribution in [0.3, 0.4) is 0 Å². The first-order valence-electron chi connectivity index (χ1n) is 5.35. The summed E-state index contributed by atoms with van der Waals surface area (Å²) in [7, 11) is 0. The molecule has 7 heteroatoms. The van der Waals surface area contributed by atoms with Crippen molar-refractivity contribution in [2.75, 3.05) is 0 Å². The Kier molecular flexibility index (Phi) is 2.75. The van der Waals surface area contributed by atoms with Crippen LogP contribution in [-0.4, -0.2) is 31.1 Å². The highest BCUT2D eigenvalue weighted by Crippen LogP contribution is 2.19. The van der Waals surface area contributed by atoms with Crippen molar-refractivity contribution in [3.8, 4) is 5.69 Å². The molecule has 0 amide bonds. The van der Waals surface area contributed by atoms with E-state index in [2.05, 4.69) is 31.2 Å². The third-order valence-corrected chi connectivity index (χ3v) is 3.06. The van der Waals surface area contributed by atoms with Crippen LogP contribution in [0.2, 0.25) is 0 Å². The van der Waals surface area contributed by atoms with Crippen LogP contribution < -0.4 is 0 Å². The summed E-state index contributed by atoms with van der Waals surface area (Å²) in [6, 6.07) is 6.50. The van der Waals surface area contributed by atoms with Crippen molar-refractivity contribution in [3.05, 3.63) is 46.7 Å². The van der Waals surface area contributed by atoms with Crippen LogP contribution >= 0.6 is 15.9 Å². The first-order valence-corrected chi connectivity index (χ1v) is 6.14. The summed E-state index contributed by atoms with van der Waals surface area (Å²) in [4.78, 5) is 15.1. The highest BCUT2D eigenvalue weighted by Gasteiger charge is 2.10. The molecular formula is C12H7BrN4O2. The van der Waals surface area contributed by atoms with E-state index in [1.54, 1.807) is 29.2 Å². The second kappa shape index (κ2) is 4.43. The molecule has 1 aromatic carbocycles. The van der Waals surface area contributed by atoms with Crippen LogP contribution in [-0.2, 0) is 0 Å². The maximum atomic E-state index is 11.0. The quantitative estimate of drug-likeness (QED) is 0.784. The molecule has 0 bridgehead atoms. The van der Waals surface area contributed by atoms with Crippen molar-refractivity contribution < 1.29 is 9.90 Å². The number of aromatic nitrogens is 4. The van der Waals surface area contributed by atoms with Gasteiger partial charge in [0.25, 0.3) is 0 Å². The molecule has 6 nitrogen and oxygen atoms in total. The number of carbonyl (C=O) groups is 1. The average Bonchev–Trinajstić information content (AvgIpc) is 2.81. The van der Waals surface area contributed by atoms with Crippen molar-refractivity contribution in [1.29, 1.82) is 0 Å². The van der Waals surface area contributed by atoms with E-state index in [9.17, 15) is 4.79 Å². The van der Waals surface area contributed by atoms with Gasteiger partial charge in [-0.05, 0) is 40.2 Å². The second-order valence-electron chi connectivity index (χ2n) is 3.87. The van der Waals surface area contributed by atoms with E-state index in [1.165, 1.54) is 6.07 Å². The lowest BCUT2D eigenvalue weighted by Gasteiger charge is -2.02. The molecule has 3 rings (SSSR count). The predicted octanol–water partition coefficient (Wildman–Crippen LogP) is 2.28. The van der Waals surface area contributed by atoms with Crippen LogP contribution in [0.1, 0.15) is 10.4 Å². The van der Waals surface area contributed by atoms with E-state index < -0.39 is 5.97 Å². The molecule has 0 atom stereocenters. The van der Waals surface area contributed by atoms with Crippen molar-refractivity contribution in [3.63, 3.8) is 0 Å². The standard InChI is InChI=1S/C12H7BrN4O2/c13-8-4-9(6-14-5-8)17-11-3-7(12(18)19)1-2-10(11)15-16-17/h1-6H,(H,18,19). The van der Waals surface area contributed by atoms with Crippen LogP contribution in [0, 0.1) is 0 Å². The highest BCUT2D eigenvalue weighted by atomic mass is 79.9. The molecule has 0 fully saturated rings. The number of hydrogen-bond donors (Lipinski definition) is 1. The van der Waals surface area contributed by atoms with Gasteiger partial charge in [0.1, 0.15) is 5.52 Å². The molecule has 2 heterocycles. The van der Waals surface area contributed by atoms with Crippen molar-refractivity contribution in [2.24, 2.45) is 0 Å². The monoisotopic (exact) mass is 318 g/mol. The van der Waals surface area contributed by atoms with Gasteiger partial charge in [0.15, 0.2) is 0 Å². The molecule has 19 heavy (non-hydrogen) atoms. The van der Waals surface area contributed by atoms with Crippen molar-refractivity contribution in [2.45, 2.75) is 0 Å². The van der Waals surface area contributed by atoms with Crippen LogP contribution in [0.15, 0.2) is 41.1 Å². The van der Waals surface area contributed by atoms with Crippen molar-refractivity contribution in [1.82, 2.24) is 20.0 Å². The fourth-order valence-electron chi connectivity index (χ4n) is 1.76. The summed E-state index contributed by atoms with van der Waals surface area (Å²) in [5, 5.41) is 17.0. The molecule has 94 valence electrons. The maximum absolute atomic E-state index is 11.0. The number of fused-ring (bicyclic) bond motifs is 1. The summed E-state index contributed by atoms with van der Waals surface area (Å²) < 4.78 is 2.36. The Hall–Kier alpha value is -2.28. The Morgan fingerprint density at radius 2 is 2.11 bits per heavy atom. The second-order valence-corrected chi connectivity index (χ2v) is 4.79. The Morgan fingerprint density at radius 3 is 2.84 bits per heavy atom. The minimum atomic E-state index is -0.984. The zero-order chi connectivity index (χ0) is 13.4. The van der Waals surface area contributed by atoms with Gasteiger partial charge in [0, 0.05) is 10.7 Å². The van der Waals surface area contributed by atoms with Gasteiger partial charge in [-0.15, -0.1) is 5.10 Å². The molecule has 0 saturated carbocycles. The topological polar surface area (TPSA) is 80.9 Å².